The van der Waals surface area contributed by atoms with E-state index in [2.05, 4.69) is 0 Å². The fraction of sp³-hybridized carbons (Fsp3) is 0.364. The van der Waals surface area contributed by atoms with Crippen LogP contribution in [0.4, 0.5) is 0 Å². The van der Waals surface area contributed by atoms with Gasteiger partial charge in [-0.3, -0.25) is 0 Å². The number of nitrogens with two attached hydrogens (primary N) is 1. The number of hydrogen-bond donors (Lipinski definition) is 3. The van der Waals surface area contributed by atoms with Gasteiger partial charge in [-0.1, -0.05) is 30.4 Å². The van der Waals surface area contributed by atoms with E-state index in [0.29, 0.717) is 23.4 Å². The van der Waals surface area contributed by atoms with Gasteiger partial charge < -0.3 is 15.9 Å². The molecule has 0 saturated heterocycles. The van der Waals surface area contributed by atoms with Crippen LogP contribution >= 0.6 is 23.8 Å². The third-order valence-electron chi connectivity index (χ3n) is 2.28. The maximum absolute atomic E-state index is 9.83. The summed E-state index contributed by atoms with van der Waals surface area (Å²) in [5, 5.41) is 19.4. The summed E-state index contributed by atoms with van der Waals surface area (Å²) in [6, 6.07) is 6.88. The van der Waals surface area contributed by atoms with Gasteiger partial charge in [0.25, 0.3) is 0 Å². The second-order valence-corrected chi connectivity index (χ2v) is 4.30. The molecule has 0 aromatic heterocycles. The van der Waals surface area contributed by atoms with Gasteiger partial charge in [-0.15, -0.1) is 11.6 Å². The Morgan fingerprint density at radius 1 is 1.44 bits per heavy atom. The van der Waals surface area contributed by atoms with Gasteiger partial charge in [0.2, 0.25) is 0 Å². The minimum absolute atomic E-state index is 0.265. The van der Waals surface area contributed by atoms with Crippen LogP contribution in [-0.2, 0) is 0 Å². The minimum Gasteiger partial charge on any atom is -0.390 e. The molecule has 3 nitrogen and oxygen atoms in total. The molecule has 0 spiro atoms. The average molecular weight is 260 g/mol. The molecule has 0 aliphatic heterocycles. The molecular formula is C11H14ClNO2S. The van der Waals surface area contributed by atoms with Crippen LogP contribution in [0.3, 0.4) is 0 Å². The molecule has 4 N–H and O–H groups in total. The molecule has 0 radical (unpaired) electrons. The van der Waals surface area contributed by atoms with Crippen LogP contribution in [0.25, 0.3) is 0 Å². The molecule has 0 aliphatic carbocycles. The van der Waals surface area contributed by atoms with Crippen LogP contribution in [0.15, 0.2) is 24.3 Å². The average Bonchev–Trinajstić information content (AvgIpc) is 2.28. The largest absolute Gasteiger partial charge is 0.390 e. The maximum atomic E-state index is 9.83. The molecule has 2 atom stereocenters. The number of aliphatic hydroxyl groups is 2. The molecular weight excluding hydrogens is 246 g/mol. The number of hydrogen-bond acceptors (Lipinski definition) is 3. The number of thiocarbonyl (C=S) groups is 1. The van der Waals surface area contributed by atoms with E-state index in [1.54, 1.807) is 24.3 Å². The summed E-state index contributed by atoms with van der Waals surface area (Å²) in [5.74, 6) is 0.299. The van der Waals surface area contributed by atoms with Crippen LogP contribution in [0.1, 0.15) is 23.7 Å². The van der Waals surface area contributed by atoms with E-state index in [1.807, 2.05) is 0 Å². The van der Waals surface area contributed by atoms with Gasteiger partial charge >= 0.3 is 0 Å². The molecule has 0 bridgehead atoms. The Labute approximate surface area is 105 Å². The first-order valence-electron chi connectivity index (χ1n) is 4.88. The van der Waals surface area contributed by atoms with Crippen molar-refractivity contribution in [3.8, 4) is 0 Å². The quantitative estimate of drug-likeness (QED) is 0.552. The molecule has 0 saturated carbocycles. The molecule has 2 unspecified atom stereocenters. The van der Waals surface area contributed by atoms with Crippen molar-refractivity contribution < 1.29 is 10.2 Å². The third kappa shape index (κ3) is 3.42. The fourth-order valence-corrected chi connectivity index (χ4v) is 1.72. The zero-order valence-electron chi connectivity index (χ0n) is 8.64. The number of halogens is 1. The summed E-state index contributed by atoms with van der Waals surface area (Å²) in [4.78, 5) is 0.265. The van der Waals surface area contributed by atoms with Crippen molar-refractivity contribution in [3.05, 3.63) is 35.4 Å². The lowest BCUT2D eigenvalue weighted by molar-refractivity contribution is 0.0170. The summed E-state index contributed by atoms with van der Waals surface area (Å²) in [5.41, 5.74) is 6.74. The van der Waals surface area contributed by atoms with E-state index < -0.39 is 12.2 Å². The minimum atomic E-state index is -0.965. The van der Waals surface area contributed by atoms with Gasteiger partial charge in [-0.05, 0) is 18.1 Å². The zero-order valence-corrected chi connectivity index (χ0v) is 10.2. The summed E-state index contributed by atoms with van der Waals surface area (Å²) < 4.78 is 0. The van der Waals surface area contributed by atoms with E-state index in [-0.39, 0.29) is 4.99 Å². The first kappa shape index (κ1) is 13.4. The Morgan fingerprint density at radius 3 is 2.69 bits per heavy atom. The molecule has 0 heterocycles. The maximum Gasteiger partial charge on any atom is 0.105 e. The Hall–Kier alpha value is -0.680. The van der Waals surface area contributed by atoms with Gasteiger partial charge in [0.1, 0.15) is 11.1 Å². The van der Waals surface area contributed by atoms with Crippen molar-refractivity contribution in [1.29, 1.82) is 0 Å². The molecule has 1 aromatic rings. The summed E-state index contributed by atoms with van der Waals surface area (Å²) in [6.45, 7) is 0. The monoisotopic (exact) mass is 259 g/mol. The van der Waals surface area contributed by atoms with E-state index in [4.69, 9.17) is 29.6 Å². The topological polar surface area (TPSA) is 66.5 Å². The Balaban J connectivity index is 2.86. The number of aliphatic hydroxyl groups excluding tert-OH is 2. The summed E-state index contributed by atoms with van der Waals surface area (Å²) in [7, 11) is 0. The van der Waals surface area contributed by atoms with Gasteiger partial charge in [0.05, 0.1) is 6.10 Å². The van der Waals surface area contributed by atoms with Gasteiger partial charge in [-0.25, -0.2) is 0 Å². The number of benzene rings is 1. The Bertz CT molecular complexity index is 373. The normalized spacial score (nSPS) is 14.4. The highest BCUT2D eigenvalue weighted by Gasteiger charge is 2.17. The SMILES string of the molecule is NC(=S)c1cccc(C(O)C(O)CCCl)c1. The van der Waals surface area contributed by atoms with Gasteiger partial charge in [0, 0.05) is 11.4 Å². The van der Waals surface area contributed by atoms with Crippen LogP contribution < -0.4 is 5.73 Å². The standard InChI is InChI=1S/C11H14ClNO2S/c12-5-4-9(14)10(15)7-2-1-3-8(6-7)11(13)16/h1-3,6,9-10,14-15H,4-5H2,(H2,13,16). The first-order valence-corrected chi connectivity index (χ1v) is 5.82. The van der Waals surface area contributed by atoms with E-state index in [0.717, 1.165) is 0 Å². The molecule has 1 rings (SSSR count). The van der Waals surface area contributed by atoms with Crippen LogP contribution in [0.5, 0.6) is 0 Å². The summed E-state index contributed by atoms with van der Waals surface area (Å²) >= 11 is 10.3. The van der Waals surface area contributed by atoms with E-state index in [1.165, 1.54) is 0 Å². The first-order chi connectivity index (χ1) is 7.56. The van der Waals surface area contributed by atoms with Crippen molar-refractivity contribution in [2.75, 3.05) is 5.88 Å². The van der Waals surface area contributed by atoms with Crippen molar-refractivity contribution in [2.45, 2.75) is 18.6 Å². The fourth-order valence-electron chi connectivity index (χ4n) is 1.37. The zero-order chi connectivity index (χ0) is 12.1. The molecule has 16 heavy (non-hydrogen) atoms. The van der Waals surface area contributed by atoms with Crippen molar-refractivity contribution >= 4 is 28.8 Å². The number of rotatable bonds is 5. The lowest BCUT2D eigenvalue weighted by Gasteiger charge is -2.17. The lowest BCUT2D eigenvalue weighted by atomic mass is 10.0. The molecule has 88 valence electrons. The second kappa shape index (κ2) is 6.15. The van der Waals surface area contributed by atoms with Gasteiger partial charge in [0.15, 0.2) is 0 Å². The molecule has 5 heteroatoms. The predicted octanol–water partition coefficient (Wildman–Crippen LogP) is 1.34. The Kier molecular flexibility index (Phi) is 5.15. The highest BCUT2D eigenvalue weighted by Crippen LogP contribution is 2.20. The lowest BCUT2D eigenvalue weighted by Crippen LogP contribution is -2.19. The van der Waals surface area contributed by atoms with Crippen molar-refractivity contribution in [3.63, 3.8) is 0 Å². The highest BCUT2D eigenvalue weighted by atomic mass is 35.5. The van der Waals surface area contributed by atoms with E-state index in [9.17, 15) is 10.2 Å². The van der Waals surface area contributed by atoms with Crippen LogP contribution in [0, 0.1) is 0 Å². The smallest absolute Gasteiger partial charge is 0.105 e. The third-order valence-corrected chi connectivity index (χ3v) is 2.74. The second-order valence-electron chi connectivity index (χ2n) is 3.48. The molecule has 0 aliphatic rings. The van der Waals surface area contributed by atoms with Crippen LogP contribution in [0.2, 0.25) is 0 Å². The molecule has 0 fully saturated rings. The molecule has 1 aromatic carbocycles. The number of alkyl halides is 1. The van der Waals surface area contributed by atoms with Crippen molar-refractivity contribution in [1.82, 2.24) is 0 Å². The predicted molar refractivity (Wildman–Crippen MR) is 68.6 cm³/mol. The Morgan fingerprint density at radius 2 is 2.12 bits per heavy atom. The highest BCUT2D eigenvalue weighted by molar-refractivity contribution is 7.80. The van der Waals surface area contributed by atoms with Crippen molar-refractivity contribution in [2.24, 2.45) is 5.73 Å². The van der Waals surface area contributed by atoms with E-state index >= 15 is 0 Å². The van der Waals surface area contributed by atoms with Crippen LogP contribution in [-0.4, -0.2) is 27.2 Å². The summed E-state index contributed by atoms with van der Waals surface area (Å²) in [6.07, 6.45) is -1.51. The molecule has 0 amide bonds. The van der Waals surface area contributed by atoms with Gasteiger partial charge in [-0.2, -0.15) is 0 Å².